The number of hydrogen-bond donors (Lipinski definition) is 1. The van der Waals surface area contributed by atoms with E-state index in [2.05, 4.69) is 12.2 Å². The number of nitrogens with zero attached hydrogens (tertiary/aromatic N) is 1. The summed E-state index contributed by atoms with van der Waals surface area (Å²) in [6.07, 6.45) is 0. The second-order valence-electron chi connectivity index (χ2n) is 3.84. The van der Waals surface area contributed by atoms with Crippen molar-refractivity contribution in [1.82, 2.24) is 4.31 Å². The zero-order valence-electron chi connectivity index (χ0n) is 8.36. The maximum Gasteiger partial charge on any atom is 0.219 e. The van der Waals surface area contributed by atoms with Crippen molar-refractivity contribution in [2.45, 2.75) is 25.5 Å². The van der Waals surface area contributed by atoms with Gasteiger partial charge in [0.2, 0.25) is 10.0 Å². The first-order valence-corrected chi connectivity index (χ1v) is 5.68. The Labute approximate surface area is 85.1 Å². The largest absolute Gasteiger partial charge is 0.392 e. The summed E-state index contributed by atoms with van der Waals surface area (Å²) in [5.41, 5.74) is 5.26. The summed E-state index contributed by atoms with van der Waals surface area (Å²) in [4.78, 5) is 0.176. The van der Waals surface area contributed by atoms with Crippen LogP contribution in [0.5, 0.6) is 0 Å². The van der Waals surface area contributed by atoms with Gasteiger partial charge in [-0.1, -0.05) is 12.2 Å². The van der Waals surface area contributed by atoms with Crippen molar-refractivity contribution in [3.05, 3.63) is 0 Å². The number of nitrogens with two attached hydrogens (primary N) is 1. The first-order chi connectivity index (χ1) is 5.59. The van der Waals surface area contributed by atoms with E-state index in [0.717, 1.165) is 0 Å². The van der Waals surface area contributed by atoms with Crippen LogP contribution >= 0.6 is 12.2 Å². The predicted octanol–water partition coefficient (Wildman–Crippen LogP) is 0.333. The molecule has 13 heavy (non-hydrogen) atoms. The molecule has 0 saturated carbocycles. The van der Waals surface area contributed by atoms with Gasteiger partial charge in [-0.05, 0) is 20.8 Å². The van der Waals surface area contributed by atoms with E-state index in [4.69, 9.17) is 5.73 Å². The molecule has 0 fully saturated rings. The summed E-state index contributed by atoms with van der Waals surface area (Å²) >= 11 is 4.64. The average Bonchev–Trinajstić information content (AvgIpc) is 1.82. The molecule has 6 heteroatoms. The smallest absolute Gasteiger partial charge is 0.219 e. The number of hydrogen-bond acceptors (Lipinski definition) is 3. The minimum absolute atomic E-state index is 0.0922. The van der Waals surface area contributed by atoms with Gasteiger partial charge in [-0.3, -0.25) is 0 Å². The Kier molecular flexibility index (Phi) is 3.83. The molecule has 0 unspecified atom stereocenters. The van der Waals surface area contributed by atoms with Crippen LogP contribution in [0.1, 0.15) is 20.8 Å². The molecular formula is C7H16N2O2S2. The van der Waals surface area contributed by atoms with Gasteiger partial charge < -0.3 is 5.73 Å². The fraction of sp³-hybridized carbons (Fsp3) is 0.857. The summed E-state index contributed by atoms with van der Waals surface area (Å²) < 4.78 is 23.8. The molecular weight excluding hydrogens is 208 g/mol. The first kappa shape index (κ1) is 12.8. The zero-order chi connectivity index (χ0) is 10.9. The van der Waals surface area contributed by atoms with Crippen molar-refractivity contribution in [3.63, 3.8) is 0 Å². The van der Waals surface area contributed by atoms with Gasteiger partial charge in [0, 0.05) is 7.05 Å². The van der Waals surface area contributed by atoms with Crippen LogP contribution < -0.4 is 5.73 Å². The second-order valence-corrected chi connectivity index (χ2v) is 7.16. The van der Waals surface area contributed by atoms with Crippen LogP contribution in [0.15, 0.2) is 0 Å². The van der Waals surface area contributed by atoms with Gasteiger partial charge in [0.05, 0.1) is 16.3 Å². The molecule has 0 radical (unpaired) electrons. The molecule has 0 spiro atoms. The summed E-state index contributed by atoms with van der Waals surface area (Å²) in [6, 6.07) is 0. The predicted molar refractivity (Wildman–Crippen MR) is 58.1 cm³/mol. The first-order valence-electron chi connectivity index (χ1n) is 3.83. The number of rotatable bonds is 3. The Morgan fingerprint density at radius 2 is 1.85 bits per heavy atom. The summed E-state index contributed by atoms with van der Waals surface area (Å²) in [7, 11) is -1.83. The van der Waals surface area contributed by atoms with Crippen LogP contribution in [-0.2, 0) is 10.0 Å². The molecule has 0 aromatic heterocycles. The van der Waals surface area contributed by atoms with E-state index in [1.807, 2.05) is 0 Å². The Bertz CT molecular complexity index is 290. The summed E-state index contributed by atoms with van der Waals surface area (Å²) in [5.74, 6) is 0. The van der Waals surface area contributed by atoms with E-state index in [0.29, 0.717) is 0 Å². The molecule has 0 aliphatic rings. The molecule has 0 aromatic carbocycles. The quantitative estimate of drug-likeness (QED) is 0.702. The highest BCUT2D eigenvalue weighted by molar-refractivity contribution is 7.90. The van der Waals surface area contributed by atoms with Crippen LogP contribution in [-0.4, -0.2) is 36.1 Å². The van der Waals surface area contributed by atoms with Crippen molar-refractivity contribution >= 4 is 27.2 Å². The molecule has 0 bridgehead atoms. The van der Waals surface area contributed by atoms with E-state index in [9.17, 15) is 8.42 Å². The SMILES string of the molecule is CN(CC(N)=S)S(=O)(=O)C(C)(C)C. The number of likely N-dealkylation sites (N-methyl/N-ethyl adjacent to an activating group) is 1. The maximum atomic E-state index is 11.7. The lowest BCUT2D eigenvalue weighted by Gasteiger charge is -2.26. The molecule has 0 amide bonds. The lowest BCUT2D eigenvalue weighted by Crippen LogP contribution is -2.43. The molecule has 78 valence electrons. The van der Waals surface area contributed by atoms with Gasteiger partial charge >= 0.3 is 0 Å². The Morgan fingerprint density at radius 1 is 1.46 bits per heavy atom. The monoisotopic (exact) mass is 224 g/mol. The van der Waals surface area contributed by atoms with Crippen LogP contribution in [0.25, 0.3) is 0 Å². The third-order valence-corrected chi connectivity index (χ3v) is 4.19. The second kappa shape index (κ2) is 3.89. The summed E-state index contributed by atoms with van der Waals surface area (Å²) in [6.45, 7) is 5.00. The highest BCUT2D eigenvalue weighted by Gasteiger charge is 2.32. The van der Waals surface area contributed by atoms with Crippen LogP contribution in [0.4, 0.5) is 0 Å². The molecule has 0 aliphatic heterocycles. The van der Waals surface area contributed by atoms with Crippen molar-refractivity contribution in [3.8, 4) is 0 Å². The van der Waals surface area contributed by atoms with Crippen molar-refractivity contribution in [2.75, 3.05) is 13.6 Å². The molecule has 2 N–H and O–H groups in total. The third kappa shape index (κ3) is 3.21. The van der Waals surface area contributed by atoms with E-state index in [-0.39, 0.29) is 11.5 Å². The van der Waals surface area contributed by atoms with Gasteiger partial charge in [-0.15, -0.1) is 0 Å². The molecule has 0 aromatic rings. The topological polar surface area (TPSA) is 63.4 Å². The molecule has 0 rings (SSSR count). The Balaban J connectivity index is 4.77. The van der Waals surface area contributed by atoms with Crippen LogP contribution in [0, 0.1) is 0 Å². The van der Waals surface area contributed by atoms with Gasteiger partial charge in [0.25, 0.3) is 0 Å². The standard InChI is InChI=1S/C7H16N2O2S2/c1-7(2,3)13(10,11)9(4)5-6(8)12/h5H2,1-4H3,(H2,8,12). The van der Waals surface area contributed by atoms with Gasteiger partial charge in [0.15, 0.2) is 0 Å². The van der Waals surface area contributed by atoms with Crippen molar-refractivity contribution in [2.24, 2.45) is 5.73 Å². The van der Waals surface area contributed by atoms with Gasteiger partial charge in [-0.2, -0.15) is 4.31 Å². The van der Waals surface area contributed by atoms with E-state index in [1.54, 1.807) is 20.8 Å². The highest BCUT2D eigenvalue weighted by atomic mass is 32.2. The fourth-order valence-electron chi connectivity index (χ4n) is 0.772. The maximum absolute atomic E-state index is 11.7. The zero-order valence-corrected chi connectivity index (χ0v) is 10.00. The normalized spacial score (nSPS) is 13.3. The van der Waals surface area contributed by atoms with E-state index in [1.165, 1.54) is 11.4 Å². The van der Waals surface area contributed by atoms with Crippen LogP contribution in [0.2, 0.25) is 0 Å². The molecule has 0 saturated heterocycles. The lowest BCUT2D eigenvalue weighted by molar-refractivity contribution is 0.475. The molecule has 0 atom stereocenters. The van der Waals surface area contributed by atoms with Crippen molar-refractivity contribution in [1.29, 1.82) is 0 Å². The average molecular weight is 224 g/mol. The van der Waals surface area contributed by atoms with Gasteiger partial charge in [0.1, 0.15) is 0 Å². The van der Waals surface area contributed by atoms with E-state index >= 15 is 0 Å². The highest BCUT2D eigenvalue weighted by Crippen LogP contribution is 2.18. The number of thiocarbonyl (C=S) groups is 1. The molecule has 0 aliphatic carbocycles. The lowest BCUT2D eigenvalue weighted by atomic mass is 10.3. The van der Waals surface area contributed by atoms with Gasteiger partial charge in [-0.25, -0.2) is 8.42 Å². The fourth-order valence-corrected chi connectivity index (χ4v) is 2.29. The molecule has 0 heterocycles. The van der Waals surface area contributed by atoms with Crippen molar-refractivity contribution < 1.29 is 8.42 Å². The van der Waals surface area contributed by atoms with E-state index < -0.39 is 14.8 Å². The Morgan fingerprint density at radius 3 is 2.08 bits per heavy atom. The summed E-state index contributed by atoms with van der Waals surface area (Å²) in [5, 5.41) is 0. The van der Waals surface area contributed by atoms with Crippen LogP contribution in [0.3, 0.4) is 0 Å². The number of sulfonamides is 1. The minimum Gasteiger partial charge on any atom is -0.392 e. The minimum atomic E-state index is -3.31. The molecule has 4 nitrogen and oxygen atoms in total. The Hall–Kier alpha value is -0.200. The third-order valence-electron chi connectivity index (χ3n) is 1.56.